The first-order valence-electron chi connectivity index (χ1n) is 8.90. The Hall–Kier alpha value is -2.93. The summed E-state index contributed by atoms with van der Waals surface area (Å²) in [4.78, 5) is 18.5. The number of methoxy groups -OCH3 is 1. The molecule has 3 aromatic rings. The minimum absolute atomic E-state index is 0.0295. The third-order valence-electron chi connectivity index (χ3n) is 4.13. The van der Waals surface area contributed by atoms with Crippen LogP contribution < -0.4 is 9.47 Å². The number of thioether (sulfide) groups is 1. The fraction of sp³-hybridized carbons (Fsp3) is 0.238. The summed E-state index contributed by atoms with van der Waals surface area (Å²) in [7, 11) is 3.42. The molecular weight excluding hydrogens is 374 g/mol. The molecule has 0 spiro atoms. The van der Waals surface area contributed by atoms with E-state index in [1.807, 2.05) is 65.4 Å². The maximum atomic E-state index is 12.4. The predicted molar refractivity (Wildman–Crippen MR) is 110 cm³/mol. The van der Waals surface area contributed by atoms with Crippen molar-refractivity contribution in [1.82, 2.24) is 14.5 Å². The molecule has 146 valence electrons. The van der Waals surface area contributed by atoms with E-state index in [0.717, 1.165) is 22.3 Å². The zero-order valence-electron chi connectivity index (χ0n) is 15.9. The van der Waals surface area contributed by atoms with E-state index in [9.17, 15) is 4.79 Å². The van der Waals surface area contributed by atoms with Crippen LogP contribution in [0.15, 0.2) is 72.1 Å². The normalized spacial score (nSPS) is 10.5. The monoisotopic (exact) mass is 397 g/mol. The Morgan fingerprint density at radius 3 is 2.71 bits per heavy atom. The van der Waals surface area contributed by atoms with Crippen LogP contribution in [0.25, 0.3) is 5.69 Å². The molecule has 0 fully saturated rings. The summed E-state index contributed by atoms with van der Waals surface area (Å²) in [6.07, 6.45) is 3.60. The first-order chi connectivity index (χ1) is 13.7. The van der Waals surface area contributed by atoms with E-state index in [4.69, 9.17) is 9.47 Å². The van der Waals surface area contributed by atoms with Crippen molar-refractivity contribution in [1.29, 1.82) is 0 Å². The van der Waals surface area contributed by atoms with Crippen LogP contribution >= 0.6 is 11.8 Å². The van der Waals surface area contributed by atoms with Gasteiger partial charge in [0, 0.05) is 25.5 Å². The number of carbonyl (C=O) groups excluding carboxylic acids is 1. The number of para-hydroxylation sites is 1. The highest BCUT2D eigenvalue weighted by Crippen LogP contribution is 2.23. The van der Waals surface area contributed by atoms with Gasteiger partial charge >= 0.3 is 0 Å². The summed E-state index contributed by atoms with van der Waals surface area (Å²) < 4.78 is 12.9. The average molecular weight is 398 g/mol. The van der Waals surface area contributed by atoms with E-state index < -0.39 is 0 Å². The van der Waals surface area contributed by atoms with Crippen LogP contribution in [-0.4, -0.2) is 53.4 Å². The molecule has 0 atom stereocenters. The summed E-state index contributed by atoms with van der Waals surface area (Å²) in [6, 6.07) is 17.3. The quantitative estimate of drug-likeness (QED) is 0.517. The van der Waals surface area contributed by atoms with Crippen molar-refractivity contribution < 1.29 is 14.3 Å². The molecule has 2 aromatic carbocycles. The zero-order valence-corrected chi connectivity index (χ0v) is 16.8. The topological polar surface area (TPSA) is 56.6 Å². The second kappa shape index (κ2) is 9.85. The Kier molecular flexibility index (Phi) is 6.97. The lowest BCUT2D eigenvalue weighted by Crippen LogP contribution is -2.32. The number of nitrogens with zero attached hydrogens (tertiary/aromatic N) is 3. The van der Waals surface area contributed by atoms with Crippen LogP contribution in [0, 0.1) is 0 Å². The number of imidazole rings is 1. The number of likely N-dealkylation sites (N-methyl/N-ethyl adjacent to an activating group) is 1. The van der Waals surface area contributed by atoms with Gasteiger partial charge in [-0.05, 0) is 24.3 Å². The second-order valence-electron chi connectivity index (χ2n) is 6.05. The van der Waals surface area contributed by atoms with E-state index in [-0.39, 0.29) is 5.91 Å². The second-order valence-corrected chi connectivity index (χ2v) is 6.99. The van der Waals surface area contributed by atoms with Gasteiger partial charge in [-0.3, -0.25) is 9.36 Å². The molecule has 0 N–H and O–H groups in total. The number of hydrogen-bond acceptors (Lipinski definition) is 5. The van der Waals surface area contributed by atoms with Crippen molar-refractivity contribution >= 4 is 17.7 Å². The number of rotatable bonds is 9. The predicted octanol–water partition coefficient (Wildman–Crippen LogP) is 3.51. The van der Waals surface area contributed by atoms with Gasteiger partial charge in [0.1, 0.15) is 18.1 Å². The van der Waals surface area contributed by atoms with Gasteiger partial charge in [-0.15, -0.1) is 0 Å². The summed E-state index contributed by atoms with van der Waals surface area (Å²) >= 11 is 1.41. The van der Waals surface area contributed by atoms with Crippen molar-refractivity contribution in [3.05, 3.63) is 67.0 Å². The van der Waals surface area contributed by atoms with Crippen molar-refractivity contribution in [2.75, 3.05) is 33.1 Å². The summed E-state index contributed by atoms with van der Waals surface area (Å²) in [5.74, 6) is 1.92. The number of hydrogen-bond donors (Lipinski definition) is 0. The molecule has 1 heterocycles. The lowest BCUT2D eigenvalue weighted by molar-refractivity contribution is -0.127. The Balaban J connectivity index is 1.51. The van der Waals surface area contributed by atoms with E-state index in [2.05, 4.69) is 4.98 Å². The number of amides is 1. The first kappa shape index (κ1) is 19.8. The van der Waals surface area contributed by atoms with Crippen LogP contribution in [0.2, 0.25) is 0 Å². The van der Waals surface area contributed by atoms with Gasteiger partial charge in [0.15, 0.2) is 5.16 Å². The SMILES string of the molecule is COc1cccc(-n2ccnc2SCC(=O)N(C)CCOc2ccccc2)c1. The molecule has 28 heavy (non-hydrogen) atoms. The van der Waals surface area contributed by atoms with E-state index >= 15 is 0 Å². The molecule has 0 aliphatic carbocycles. The maximum absolute atomic E-state index is 12.4. The minimum atomic E-state index is 0.0295. The molecule has 0 saturated heterocycles. The average Bonchev–Trinajstić information content (AvgIpc) is 3.21. The van der Waals surface area contributed by atoms with Gasteiger partial charge in [-0.25, -0.2) is 4.98 Å². The molecule has 7 heteroatoms. The molecule has 0 saturated carbocycles. The first-order valence-corrected chi connectivity index (χ1v) is 9.88. The van der Waals surface area contributed by atoms with E-state index in [1.165, 1.54) is 11.8 Å². The fourth-order valence-corrected chi connectivity index (χ4v) is 3.45. The molecule has 0 aliphatic heterocycles. The van der Waals surface area contributed by atoms with Crippen LogP contribution in [-0.2, 0) is 4.79 Å². The summed E-state index contributed by atoms with van der Waals surface area (Å²) in [6.45, 7) is 0.980. The summed E-state index contributed by atoms with van der Waals surface area (Å²) in [5.41, 5.74) is 0.941. The third kappa shape index (κ3) is 5.29. The Morgan fingerprint density at radius 2 is 1.93 bits per heavy atom. The molecule has 3 rings (SSSR count). The lowest BCUT2D eigenvalue weighted by Gasteiger charge is -2.17. The van der Waals surface area contributed by atoms with Crippen molar-refractivity contribution in [2.45, 2.75) is 5.16 Å². The van der Waals surface area contributed by atoms with Gasteiger partial charge in [0.05, 0.1) is 25.1 Å². The molecule has 0 aliphatic rings. The third-order valence-corrected chi connectivity index (χ3v) is 5.08. The summed E-state index contributed by atoms with van der Waals surface area (Å²) in [5, 5.41) is 0.760. The Labute approximate surface area is 169 Å². The Morgan fingerprint density at radius 1 is 1.14 bits per heavy atom. The molecule has 1 aromatic heterocycles. The number of benzene rings is 2. The van der Waals surface area contributed by atoms with Crippen LogP contribution in [0.3, 0.4) is 0 Å². The molecule has 0 unspecified atom stereocenters. The fourth-order valence-electron chi connectivity index (χ4n) is 2.53. The smallest absolute Gasteiger partial charge is 0.232 e. The van der Waals surface area contributed by atoms with Crippen LogP contribution in [0.4, 0.5) is 0 Å². The van der Waals surface area contributed by atoms with Crippen molar-refractivity contribution in [2.24, 2.45) is 0 Å². The number of aromatic nitrogens is 2. The lowest BCUT2D eigenvalue weighted by atomic mass is 10.3. The number of carbonyl (C=O) groups is 1. The number of ether oxygens (including phenoxy) is 2. The highest BCUT2D eigenvalue weighted by Gasteiger charge is 2.13. The van der Waals surface area contributed by atoms with Crippen LogP contribution in [0.5, 0.6) is 11.5 Å². The van der Waals surface area contributed by atoms with E-state index in [0.29, 0.717) is 18.9 Å². The molecular formula is C21H23N3O3S. The molecule has 1 amide bonds. The van der Waals surface area contributed by atoms with Gasteiger partial charge in [0.2, 0.25) is 5.91 Å². The largest absolute Gasteiger partial charge is 0.497 e. The molecule has 0 radical (unpaired) electrons. The van der Waals surface area contributed by atoms with E-state index in [1.54, 1.807) is 25.3 Å². The highest BCUT2D eigenvalue weighted by atomic mass is 32.2. The van der Waals surface area contributed by atoms with Crippen LogP contribution in [0.1, 0.15) is 0 Å². The zero-order chi connectivity index (χ0) is 19.8. The molecule has 6 nitrogen and oxygen atoms in total. The van der Waals surface area contributed by atoms with Crippen molar-refractivity contribution in [3.8, 4) is 17.2 Å². The minimum Gasteiger partial charge on any atom is -0.497 e. The van der Waals surface area contributed by atoms with Gasteiger partial charge in [-0.1, -0.05) is 36.0 Å². The standard InChI is InChI=1S/C21H23N3O3S/c1-23(13-14-27-18-8-4-3-5-9-18)20(25)16-28-21-22-11-12-24(21)17-7-6-10-19(15-17)26-2/h3-12,15H,13-14,16H2,1-2H3. The Bertz CT molecular complexity index is 899. The van der Waals surface area contributed by atoms with Gasteiger partial charge in [0.25, 0.3) is 0 Å². The van der Waals surface area contributed by atoms with Gasteiger partial charge in [-0.2, -0.15) is 0 Å². The molecule has 0 bridgehead atoms. The highest BCUT2D eigenvalue weighted by molar-refractivity contribution is 7.99. The maximum Gasteiger partial charge on any atom is 0.232 e. The van der Waals surface area contributed by atoms with Gasteiger partial charge < -0.3 is 14.4 Å². The van der Waals surface area contributed by atoms with Crippen molar-refractivity contribution in [3.63, 3.8) is 0 Å².